The van der Waals surface area contributed by atoms with E-state index in [1.54, 1.807) is 20.8 Å². The molecule has 3 N–H and O–H groups in total. The number of carbonyl (C=O) groups excluding carboxylic acids is 2. The SMILES string of the molecule is CC(C)(C)OC(=O)N[C@@H]1C(=O)NC[C@H]1CO. The summed E-state index contributed by atoms with van der Waals surface area (Å²) in [4.78, 5) is 22.8. The average molecular weight is 230 g/mol. The normalized spacial score (nSPS) is 25.1. The number of carbonyl (C=O) groups is 2. The van der Waals surface area contributed by atoms with Crippen molar-refractivity contribution in [3.05, 3.63) is 0 Å². The predicted octanol–water partition coefficient (Wildman–Crippen LogP) is -0.382. The second kappa shape index (κ2) is 4.69. The van der Waals surface area contributed by atoms with Crippen molar-refractivity contribution in [2.24, 2.45) is 5.92 Å². The Morgan fingerprint density at radius 2 is 2.25 bits per heavy atom. The number of hydrogen-bond donors (Lipinski definition) is 3. The molecule has 0 spiro atoms. The van der Waals surface area contributed by atoms with Gasteiger partial charge in [0.25, 0.3) is 0 Å². The van der Waals surface area contributed by atoms with Gasteiger partial charge in [0.05, 0.1) is 6.61 Å². The molecule has 1 heterocycles. The highest BCUT2D eigenvalue weighted by Gasteiger charge is 2.36. The van der Waals surface area contributed by atoms with Crippen molar-refractivity contribution < 1.29 is 19.4 Å². The molecule has 0 aromatic carbocycles. The van der Waals surface area contributed by atoms with E-state index in [0.29, 0.717) is 6.54 Å². The van der Waals surface area contributed by atoms with Gasteiger partial charge in [0.15, 0.2) is 0 Å². The summed E-state index contributed by atoms with van der Waals surface area (Å²) in [7, 11) is 0. The van der Waals surface area contributed by atoms with Crippen molar-refractivity contribution in [2.45, 2.75) is 32.4 Å². The maximum atomic E-state index is 11.4. The zero-order valence-corrected chi connectivity index (χ0v) is 9.74. The molecule has 0 aromatic rings. The molecule has 1 rings (SSSR count). The predicted molar refractivity (Wildman–Crippen MR) is 56.7 cm³/mol. The van der Waals surface area contributed by atoms with Crippen LogP contribution >= 0.6 is 0 Å². The fourth-order valence-corrected chi connectivity index (χ4v) is 1.46. The third-order valence-electron chi connectivity index (χ3n) is 2.20. The third-order valence-corrected chi connectivity index (χ3v) is 2.20. The molecule has 6 nitrogen and oxygen atoms in total. The van der Waals surface area contributed by atoms with Crippen molar-refractivity contribution in [1.29, 1.82) is 0 Å². The Balaban J connectivity index is 2.52. The van der Waals surface area contributed by atoms with E-state index in [0.717, 1.165) is 0 Å². The second-order valence-corrected chi connectivity index (χ2v) is 4.81. The van der Waals surface area contributed by atoms with Gasteiger partial charge in [0.1, 0.15) is 11.6 Å². The molecule has 0 aliphatic carbocycles. The standard InChI is InChI=1S/C10H18N2O4/c1-10(2,3)16-9(15)12-7-6(5-13)4-11-8(7)14/h6-7,13H,4-5H2,1-3H3,(H,11,14)(H,12,15)/t6-,7-/m0/s1. The van der Waals surface area contributed by atoms with Crippen LogP contribution in [0.2, 0.25) is 0 Å². The highest BCUT2D eigenvalue weighted by molar-refractivity contribution is 5.87. The topological polar surface area (TPSA) is 87.7 Å². The number of alkyl carbamates (subject to hydrolysis) is 1. The van der Waals surface area contributed by atoms with E-state index in [1.807, 2.05) is 0 Å². The maximum absolute atomic E-state index is 11.4. The van der Waals surface area contributed by atoms with Crippen LogP contribution in [0.1, 0.15) is 20.8 Å². The fraction of sp³-hybridized carbons (Fsp3) is 0.800. The Bertz CT molecular complexity index is 285. The fourth-order valence-electron chi connectivity index (χ4n) is 1.46. The van der Waals surface area contributed by atoms with E-state index in [2.05, 4.69) is 10.6 Å². The summed E-state index contributed by atoms with van der Waals surface area (Å²) >= 11 is 0. The van der Waals surface area contributed by atoms with Crippen LogP contribution in [0.4, 0.5) is 4.79 Å². The molecule has 0 bridgehead atoms. The van der Waals surface area contributed by atoms with Crippen LogP contribution < -0.4 is 10.6 Å². The molecule has 16 heavy (non-hydrogen) atoms. The largest absolute Gasteiger partial charge is 0.444 e. The summed E-state index contributed by atoms with van der Waals surface area (Å²) in [5.41, 5.74) is -0.603. The lowest BCUT2D eigenvalue weighted by molar-refractivity contribution is -0.121. The van der Waals surface area contributed by atoms with Crippen molar-refractivity contribution in [1.82, 2.24) is 10.6 Å². The van der Waals surface area contributed by atoms with Gasteiger partial charge in [0, 0.05) is 12.5 Å². The van der Waals surface area contributed by atoms with Crippen molar-refractivity contribution in [3.8, 4) is 0 Å². The smallest absolute Gasteiger partial charge is 0.408 e. The Morgan fingerprint density at radius 3 is 2.75 bits per heavy atom. The highest BCUT2D eigenvalue weighted by Crippen LogP contribution is 2.11. The monoisotopic (exact) mass is 230 g/mol. The Kier molecular flexibility index (Phi) is 3.74. The quantitative estimate of drug-likeness (QED) is 0.603. The van der Waals surface area contributed by atoms with Crippen LogP contribution in [0.15, 0.2) is 0 Å². The van der Waals surface area contributed by atoms with Gasteiger partial charge in [-0.15, -0.1) is 0 Å². The summed E-state index contributed by atoms with van der Waals surface area (Å²) in [5.74, 6) is -0.579. The molecule has 2 amide bonds. The number of hydrogen-bond acceptors (Lipinski definition) is 4. The molecule has 1 aliphatic rings. The van der Waals surface area contributed by atoms with E-state index in [4.69, 9.17) is 9.84 Å². The zero-order valence-electron chi connectivity index (χ0n) is 9.74. The van der Waals surface area contributed by atoms with Crippen molar-refractivity contribution in [2.75, 3.05) is 13.2 Å². The summed E-state index contributed by atoms with van der Waals surface area (Å²) in [6.45, 7) is 5.44. The second-order valence-electron chi connectivity index (χ2n) is 4.81. The first kappa shape index (κ1) is 12.8. The molecule has 2 atom stereocenters. The van der Waals surface area contributed by atoms with E-state index >= 15 is 0 Å². The molecule has 6 heteroatoms. The molecule has 1 aliphatic heterocycles. The van der Waals surface area contributed by atoms with Crippen molar-refractivity contribution in [3.63, 3.8) is 0 Å². The minimum Gasteiger partial charge on any atom is -0.444 e. The van der Waals surface area contributed by atoms with Gasteiger partial charge in [0.2, 0.25) is 5.91 Å². The maximum Gasteiger partial charge on any atom is 0.408 e. The lowest BCUT2D eigenvalue weighted by atomic mass is 10.1. The minimum absolute atomic E-state index is 0.154. The van der Waals surface area contributed by atoms with Crippen molar-refractivity contribution >= 4 is 12.0 Å². The van der Waals surface area contributed by atoms with E-state index in [1.165, 1.54) is 0 Å². The average Bonchev–Trinajstić information content (AvgIpc) is 2.44. The Morgan fingerprint density at radius 1 is 1.62 bits per heavy atom. The van der Waals surface area contributed by atoms with Gasteiger partial charge in [-0.1, -0.05) is 0 Å². The first-order valence-corrected chi connectivity index (χ1v) is 5.21. The molecule has 0 radical (unpaired) electrons. The van der Waals surface area contributed by atoms with Crippen LogP contribution in [-0.4, -0.2) is 41.9 Å². The van der Waals surface area contributed by atoms with Crippen LogP contribution in [0.3, 0.4) is 0 Å². The summed E-state index contributed by atoms with van der Waals surface area (Å²) in [6, 6.07) is -0.708. The molecule has 92 valence electrons. The molecular weight excluding hydrogens is 212 g/mol. The number of rotatable bonds is 2. The number of aliphatic hydroxyl groups is 1. The van der Waals surface area contributed by atoms with Gasteiger partial charge in [-0.25, -0.2) is 4.79 Å². The lowest BCUT2D eigenvalue weighted by Crippen LogP contribution is -2.46. The van der Waals surface area contributed by atoms with Crippen LogP contribution in [0, 0.1) is 5.92 Å². The number of amides is 2. The van der Waals surface area contributed by atoms with E-state index in [9.17, 15) is 9.59 Å². The summed E-state index contributed by atoms with van der Waals surface area (Å²) < 4.78 is 5.03. The van der Waals surface area contributed by atoms with Crippen LogP contribution in [0.5, 0.6) is 0 Å². The van der Waals surface area contributed by atoms with Crippen LogP contribution in [0.25, 0.3) is 0 Å². The zero-order chi connectivity index (χ0) is 12.3. The first-order chi connectivity index (χ1) is 7.33. The molecule has 1 saturated heterocycles. The number of aliphatic hydroxyl groups excluding tert-OH is 1. The molecule has 0 unspecified atom stereocenters. The Labute approximate surface area is 94.3 Å². The highest BCUT2D eigenvalue weighted by atomic mass is 16.6. The Hall–Kier alpha value is -1.30. The van der Waals surface area contributed by atoms with Gasteiger partial charge in [-0.2, -0.15) is 0 Å². The minimum atomic E-state index is -0.708. The first-order valence-electron chi connectivity index (χ1n) is 5.21. The van der Waals surface area contributed by atoms with E-state index in [-0.39, 0.29) is 18.4 Å². The molecule has 1 fully saturated rings. The summed E-state index contributed by atoms with van der Waals surface area (Å²) in [5, 5.41) is 14.0. The number of ether oxygens (including phenoxy) is 1. The van der Waals surface area contributed by atoms with E-state index < -0.39 is 17.7 Å². The molecule has 0 saturated carbocycles. The summed E-state index contributed by atoms with van der Waals surface area (Å²) in [6.07, 6.45) is -0.645. The van der Waals surface area contributed by atoms with Crippen LogP contribution in [-0.2, 0) is 9.53 Å². The van der Waals surface area contributed by atoms with Gasteiger partial charge in [-0.05, 0) is 20.8 Å². The van der Waals surface area contributed by atoms with Gasteiger partial charge >= 0.3 is 6.09 Å². The lowest BCUT2D eigenvalue weighted by Gasteiger charge is -2.22. The molecule has 0 aromatic heterocycles. The van der Waals surface area contributed by atoms with Gasteiger partial charge < -0.3 is 20.5 Å². The number of nitrogens with one attached hydrogen (secondary N) is 2. The molecular formula is C10H18N2O4. The third kappa shape index (κ3) is 3.37. The van der Waals surface area contributed by atoms with Gasteiger partial charge in [-0.3, -0.25) is 4.79 Å².